The first-order valence-electron chi connectivity index (χ1n) is 9.38. The number of hydrogen-bond acceptors (Lipinski definition) is 6. The molecule has 8 heteroatoms. The number of fused-ring (bicyclic) bond motifs is 1. The molecular formula is C21H23N3O4S. The average Bonchev–Trinajstić information content (AvgIpc) is 3.08. The minimum atomic E-state index is -0.350. The number of rotatable bonds is 7. The van der Waals surface area contributed by atoms with Crippen molar-refractivity contribution in [3.05, 3.63) is 56.8 Å². The number of pyridine rings is 1. The molecule has 0 unspecified atom stereocenters. The van der Waals surface area contributed by atoms with Crippen molar-refractivity contribution in [2.75, 3.05) is 11.9 Å². The van der Waals surface area contributed by atoms with E-state index in [1.54, 1.807) is 22.9 Å². The number of ether oxygens (including phenoxy) is 1. The molecule has 152 valence electrons. The standard InChI is InChI=1S/C21H23N3O4S/c1-4-28-19(27)11-15-12-29-21(22-15)23-17(25)8-9-24-18(26)10-14(3)16-7-5-6-13(2)20(16)24/h5-7,10,12H,4,8-9,11H2,1-3H3,(H,22,23,25). The molecule has 0 bridgehead atoms. The lowest BCUT2D eigenvalue weighted by atomic mass is 10.1. The second kappa shape index (κ2) is 9.00. The van der Waals surface area contributed by atoms with Gasteiger partial charge in [0, 0.05) is 29.8 Å². The van der Waals surface area contributed by atoms with Crippen molar-refractivity contribution in [2.45, 2.75) is 40.2 Å². The molecule has 0 radical (unpaired) electrons. The molecule has 0 saturated heterocycles. The third-order valence-corrected chi connectivity index (χ3v) is 5.34. The van der Waals surface area contributed by atoms with E-state index >= 15 is 0 Å². The summed E-state index contributed by atoms with van der Waals surface area (Å²) >= 11 is 1.25. The van der Waals surface area contributed by atoms with Gasteiger partial charge in [0.15, 0.2) is 5.13 Å². The highest BCUT2D eigenvalue weighted by molar-refractivity contribution is 7.13. The van der Waals surface area contributed by atoms with Crippen LogP contribution in [0.5, 0.6) is 0 Å². The van der Waals surface area contributed by atoms with Crippen molar-refractivity contribution < 1.29 is 14.3 Å². The van der Waals surface area contributed by atoms with Crippen molar-refractivity contribution in [1.29, 1.82) is 0 Å². The van der Waals surface area contributed by atoms with E-state index in [-0.39, 0.29) is 36.8 Å². The van der Waals surface area contributed by atoms with Crippen LogP contribution in [0.1, 0.15) is 30.2 Å². The first-order valence-corrected chi connectivity index (χ1v) is 10.3. The van der Waals surface area contributed by atoms with Gasteiger partial charge in [0.2, 0.25) is 5.91 Å². The molecule has 3 rings (SSSR count). The smallest absolute Gasteiger partial charge is 0.311 e. The van der Waals surface area contributed by atoms with Gasteiger partial charge in [0.25, 0.3) is 5.56 Å². The van der Waals surface area contributed by atoms with E-state index in [0.29, 0.717) is 17.4 Å². The Bertz CT molecular complexity index is 1120. The zero-order valence-electron chi connectivity index (χ0n) is 16.7. The normalized spacial score (nSPS) is 10.9. The summed E-state index contributed by atoms with van der Waals surface area (Å²) in [5, 5.41) is 5.88. The highest BCUT2D eigenvalue weighted by Gasteiger charge is 2.13. The van der Waals surface area contributed by atoms with Crippen molar-refractivity contribution in [3.8, 4) is 0 Å². The number of nitrogens with zero attached hydrogens (tertiary/aromatic N) is 2. The summed E-state index contributed by atoms with van der Waals surface area (Å²) in [6.45, 7) is 6.20. The third-order valence-electron chi connectivity index (χ3n) is 4.53. The summed E-state index contributed by atoms with van der Waals surface area (Å²) in [5.74, 6) is -0.590. The highest BCUT2D eigenvalue weighted by Crippen LogP contribution is 2.21. The van der Waals surface area contributed by atoms with Crippen LogP contribution in [0.15, 0.2) is 34.4 Å². The van der Waals surface area contributed by atoms with Gasteiger partial charge >= 0.3 is 5.97 Å². The minimum Gasteiger partial charge on any atom is -0.466 e. The number of esters is 1. The molecule has 2 heterocycles. The molecule has 1 N–H and O–H groups in total. The summed E-state index contributed by atoms with van der Waals surface area (Å²) in [5.41, 5.74) is 3.21. The van der Waals surface area contributed by atoms with E-state index < -0.39 is 0 Å². The number of para-hydroxylation sites is 1. The summed E-state index contributed by atoms with van der Waals surface area (Å²) in [4.78, 5) is 40.6. The Morgan fingerprint density at radius 2 is 2.03 bits per heavy atom. The van der Waals surface area contributed by atoms with E-state index in [9.17, 15) is 14.4 Å². The van der Waals surface area contributed by atoms with Gasteiger partial charge < -0.3 is 14.6 Å². The number of anilines is 1. The fourth-order valence-electron chi connectivity index (χ4n) is 3.21. The lowest BCUT2D eigenvalue weighted by Crippen LogP contribution is -2.24. The van der Waals surface area contributed by atoms with Crippen LogP contribution in [0.3, 0.4) is 0 Å². The molecule has 3 aromatic rings. The molecule has 7 nitrogen and oxygen atoms in total. The summed E-state index contributed by atoms with van der Waals surface area (Å²) < 4.78 is 6.54. The molecule has 0 saturated carbocycles. The number of nitrogens with one attached hydrogen (secondary N) is 1. The van der Waals surface area contributed by atoms with Gasteiger partial charge in [0.1, 0.15) is 0 Å². The molecule has 0 fully saturated rings. The Balaban J connectivity index is 1.68. The lowest BCUT2D eigenvalue weighted by Gasteiger charge is -2.14. The van der Waals surface area contributed by atoms with Gasteiger partial charge in [0.05, 0.1) is 24.2 Å². The van der Waals surface area contributed by atoms with Crippen LogP contribution < -0.4 is 10.9 Å². The Morgan fingerprint density at radius 3 is 2.79 bits per heavy atom. The van der Waals surface area contributed by atoms with Crippen molar-refractivity contribution in [2.24, 2.45) is 0 Å². The van der Waals surface area contributed by atoms with Gasteiger partial charge in [-0.3, -0.25) is 14.4 Å². The van der Waals surface area contributed by atoms with Crippen molar-refractivity contribution in [3.63, 3.8) is 0 Å². The first-order chi connectivity index (χ1) is 13.9. The number of carbonyl (C=O) groups excluding carboxylic acids is 2. The SMILES string of the molecule is CCOC(=O)Cc1csc(NC(=O)CCn2c(=O)cc(C)c3cccc(C)c32)n1. The number of benzene rings is 1. The molecule has 29 heavy (non-hydrogen) atoms. The van der Waals surface area contributed by atoms with Gasteiger partial charge in [-0.2, -0.15) is 0 Å². The largest absolute Gasteiger partial charge is 0.466 e. The molecule has 0 spiro atoms. The van der Waals surface area contributed by atoms with E-state index in [0.717, 1.165) is 22.0 Å². The summed E-state index contributed by atoms with van der Waals surface area (Å²) in [7, 11) is 0. The van der Waals surface area contributed by atoms with Gasteiger partial charge in [-0.1, -0.05) is 18.2 Å². The van der Waals surface area contributed by atoms with Gasteiger partial charge in [-0.15, -0.1) is 11.3 Å². The molecule has 1 aromatic carbocycles. The highest BCUT2D eigenvalue weighted by atomic mass is 32.1. The summed E-state index contributed by atoms with van der Waals surface area (Å²) in [6.07, 6.45) is 0.212. The van der Waals surface area contributed by atoms with Gasteiger partial charge in [-0.25, -0.2) is 4.98 Å². The predicted octanol–water partition coefficient (Wildman–Crippen LogP) is 3.21. The second-order valence-corrected chi connectivity index (χ2v) is 7.57. The zero-order chi connectivity index (χ0) is 21.0. The Hall–Kier alpha value is -3.00. The average molecular weight is 413 g/mol. The van der Waals surface area contributed by atoms with Crippen LogP contribution >= 0.6 is 11.3 Å². The fraction of sp³-hybridized carbons (Fsp3) is 0.333. The molecular weight excluding hydrogens is 390 g/mol. The van der Waals surface area contributed by atoms with Crippen LogP contribution in [-0.4, -0.2) is 28.0 Å². The van der Waals surface area contributed by atoms with E-state index in [1.165, 1.54) is 11.3 Å². The maximum absolute atomic E-state index is 12.5. The van der Waals surface area contributed by atoms with Crippen molar-refractivity contribution >= 4 is 39.2 Å². The van der Waals surface area contributed by atoms with E-state index in [1.807, 2.05) is 32.0 Å². The number of amides is 1. The topological polar surface area (TPSA) is 90.3 Å². The van der Waals surface area contributed by atoms with E-state index in [4.69, 9.17) is 4.74 Å². The monoisotopic (exact) mass is 413 g/mol. The molecule has 2 aromatic heterocycles. The predicted molar refractivity (Wildman–Crippen MR) is 113 cm³/mol. The maximum atomic E-state index is 12.5. The Labute approximate surface area is 172 Å². The Morgan fingerprint density at radius 1 is 1.24 bits per heavy atom. The first kappa shape index (κ1) is 20.7. The molecule has 0 aliphatic rings. The number of aryl methyl sites for hydroxylation is 3. The number of thiazole rings is 1. The molecule has 0 aliphatic carbocycles. The molecule has 0 atom stereocenters. The van der Waals surface area contributed by atoms with Crippen LogP contribution in [-0.2, 0) is 27.3 Å². The van der Waals surface area contributed by atoms with Crippen LogP contribution in [0.2, 0.25) is 0 Å². The van der Waals surface area contributed by atoms with E-state index in [2.05, 4.69) is 10.3 Å². The van der Waals surface area contributed by atoms with Crippen LogP contribution in [0, 0.1) is 13.8 Å². The lowest BCUT2D eigenvalue weighted by molar-refractivity contribution is -0.142. The second-order valence-electron chi connectivity index (χ2n) is 6.71. The summed E-state index contributed by atoms with van der Waals surface area (Å²) in [6, 6.07) is 7.50. The van der Waals surface area contributed by atoms with Crippen molar-refractivity contribution in [1.82, 2.24) is 9.55 Å². The third kappa shape index (κ3) is 4.89. The Kier molecular flexibility index (Phi) is 6.43. The zero-order valence-corrected chi connectivity index (χ0v) is 17.5. The fourth-order valence-corrected chi connectivity index (χ4v) is 3.94. The van der Waals surface area contributed by atoms with Crippen LogP contribution in [0.4, 0.5) is 5.13 Å². The van der Waals surface area contributed by atoms with Crippen LogP contribution in [0.25, 0.3) is 10.9 Å². The minimum absolute atomic E-state index is 0.0736. The molecule has 1 amide bonds. The van der Waals surface area contributed by atoms with Gasteiger partial charge in [-0.05, 0) is 31.9 Å². The number of hydrogen-bond donors (Lipinski definition) is 1. The number of aromatic nitrogens is 2. The maximum Gasteiger partial charge on any atom is 0.311 e. The molecule has 0 aliphatic heterocycles. The quantitative estimate of drug-likeness (QED) is 0.601. The number of carbonyl (C=O) groups is 2.